The summed E-state index contributed by atoms with van der Waals surface area (Å²) in [6, 6.07) is 54.0. The van der Waals surface area contributed by atoms with Crippen molar-refractivity contribution in [3.05, 3.63) is 180 Å². The van der Waals surface area contributed by atoms with E-state index in [0.29, 0.717) is 0 Å². The summed E-state index contributed by atoms with van der Waals surface area (Å²) in [6.45, 7) is 0. The summed E-state index contributed by atoms with van der Waals surface area (Å²) in [5, 5.41) is 2.19. The predicted molar refractivity (Wildman–Crippen MR) is 185 cm³/mol. The number of pyridine rings is 2. The van der Waals surface area contributed by atoms with E-state index in [1.165, 1.54) is 33.4 Å². The first-order valence-corrected chi connectivity index (χ1v) is 15.7. The third-order valence-electron chi connectivity index (χ3n) is 9.80. The van der Waals surface area contributed by atoms with Crippen molar-refractivity contribution in [2.75, 3.05) is 0 Å². The van der Waals surface area contributed by atoms with E-state index in [0.717, 1.165) is 55.7 Å². The van der Waals surface area contributed by atoms with E-state index >= 15 is 0 Å². The molecular formula is C43H26N2O. The topological polar surface area (TPSA) is 35.0 Å². The van der Waals surface area contributed by atoms with Crippen molar-refractivity contribution in [2.24, 2.45) is 0 Å². The van der Waals surface area contributed by atoms with E-state index in [2.05, 4.69) is 151 Å². The van der Waals surface area contributed by atoms with E-state index in [1.54, 1.807) is 0 Å². The quantitative estimate of drug-likeness (QED) is 0.189. The average molecular weight is 587 g/mol. The maximum Gasteiger partial charge on any atom is 0.132 e. The summed E-state index contributed by atoms with van der Waals surface area (Å²) in [7, 11) is 0. The van der Waals surface area contributed by atoms with E-state index in [4.69, 9.17) is 9.72 Å². The Labute approximate surface area is 266 Å². The summed E-state index contributed by atoms with van der Waals surface area (Å²) in [5.41, 5.74) is 13.2. The molecule has 1 aliphatic carbocycles. The molecule has 3 heteroatoms. The van der Waals surface area contributed by atoms with Crippen molar-refractivity contribution in [2.45, 2.75) is 5.41 Å². The zero-order valence-electron chi connectivity index (χ0n) is 24.8. The lowest BCUT2D eigenvalue weighted by atomic mass is 9.66. The van der Waals surface area contributed by atoms with Gasteiger partial charge in [-0.2, -0.15) is 0 Å². The standard InChI is InChI=1S/C43H26N2O/c1-3-11-34-32(9-1)33-10-2-4-12-35(33)43(34)36-13-5-6-14-39(36)46-40-26-31(21-23-37(40)43)27-15-17-28(18-16-27)38-24-22-30-20-19-29-8-7-25-44-41(29)42(30)45-38/h1-26H. The number of fused-ring (bicyclic) bond motifs is 12. The van der Waals surface area contributed by atoms with Crippen LogP contribution in [0.3, 0.4) is 0 Å². The SMILES string of the molecule is c1ccc2c(c1)Oc1cc(-c3ccc(-c4ccc5ccc6cccnc6c5n4)cc3)ccc1C21c2ccccc2-c2ccccc21. The van der Waals surface area contributed by atoms with Gasteiger partial charge >= 0.3 is 0 Å². The zero-order valence-corrected chi connectivity index (χ0v) is 24.8. The van der Waals surface area contributed by atoms with Crippen LogP contribution < -0.4 is 4.74 Å². The van der Waals surface area contributed by atoms with Gasteiger partial charge < -0.3 is 4.74 Å². The molecule has 1 aliphatic heterocycles. The van der Waals surface area contributed by atoms with E-state index in [1.807, 2.05) is 12.3 Å². The second kappa shape index (κ2) is 9.47. The molecule has 0 saturated carbocycles. The lowest BCUT2D eigenvalue weighted by Gasteiger charge is -2.39. The van der Waals surface area contributed by atoms with Crippen LogP contribution in [0.2, 0.25) is 0 Å². The molecule has 1 spiro atoms. The van der Waals surface area contributed by atoms with Crippen LogP contribution in [0.1, 0.15) is 22.3 Å². The molecule has 0 bridgehead atoms. The fourth-order valence-corrected chi connectivity index (χ4v) is 7.76. The number of nitrogens with zero attached hydrogens (tertiary/aromatic N) is 2. The molecular weight excluding hydrogens is 560 g/mol. The lowest BCUT2D eigenvalue weighted by molar-refractivity contribution is 0.436. The summed E-state index contributed by atoms with van der Waals surface area (Å²) < 4.78 is 6.71. The molecule has 0 fully saturated rings. The number of ether oxygens (including phenoxy) is 1. The highest BCUT2D eigenvalue weighted by molar-refractivity contribution is 6.03. The fraction of sp³-hybridized carbons (Fsp3) is 0.0233. The first-order valence-electron chi connectivity index (χ1n) is 15.7. The molecule has 0 unspecified atom stereocenters. The number of hydrogen-bond donors (Lipinski definition) is 0. The average Bonchev–Trinajstić information content (AvgIpc) is 3.42. The van der Waals surface area contributed by atoms with Gasteiger partial charge in [-0.25, -0.2) is 4.98 Å². The van der Waals surface area contributed by atoms with Crippen LogP contribution in [0, 0.1) is 0 Å². The van der Waals surface area contributed by atoms with Crippen molar-refractivity contribution in [3.8, 4) is 45.0 Å². The Kier molecular flexibility index (Phi) is 5.20. The molecule has 0 radical (unpaired) electrons. The normalized spacial score (nSPS) is 13.6. The number of aromatic nitrogens is 2. The summed E-state index contributed by atoms with van der Waals surface area (Å²) in [4.78, 5) is 9.67. The third kappa shape index (κ3) is 3.43. The van der Waals surface area contributed by atoms with Gasteiger partial charge in [0.05, 0.1) is 22.1 Å². The first-order chi connectivity index (χ1) is 22.8. The molecule has 46 heavy (non-hydrogen) atoms. The summed E-state index contributed by atoms with van der Waals surface area (Å²) in [5.74, 6) is 1.79. The maximum absolute atomic E-state index is 6.71. The minimum atomic E-state index is -0.444. The zero-order chi connectivity index (χ0) is 30.2. The first kappa shape index (κ1) is 25.3. The van der Waals surface area contributed by atoms with Crippen molar-refractivity contribution >= 4 is 21.8 Å². The Hall–Kier alpha value is -6.06. The molecule has 3 heterocycles. The lowest BCUT2D eigenvalue weighted by Crippen LogP contribution is -2.32. The Bertz CT molecular complexity index is 2470. The Balaban J connectivity index is 1.09. The predicted octanol–water partition coefficient (Wildman–Crippen LogP) is 10.6. The van der Waals surface area contributed by atoms with Gasteiger partial charge in [0.15, 0.2) is 0 Å². The molecule has 0 N–H and O–H groups in total. The number of hydrogen-bond acceptors (Lipinski definition) is 3. The van der Waals surface area contributed by atoms with Crippen molar-refractivity contribution in [3.63, 3.8) is 0 Å². The van der Waals surface area contributed by atoms with Gasteiger partial charge in [0.2, 0.25) is 0 Å². The monoisotopic (exact) mass is 586 g/mol. The molecule has 8 aromatic rings. The Morgan fingerprint density at radius 3 is 1.83 bits per heavy atom. The van der Waals surface area contributed by atoms with Crippen LogP contribution in [0.4, 0.5) is 0 Å². The smallest absolute Gasteiger partial charge is 0.132 e. The molecule has 0 saturated heterocycles. The number of benzene rings is 6. The second-order valence-electron chi connectivity index (χ2n) is 12.1. The van der Waals surface area contributed by atoms with Gasteiger partial charge in [0.25, 0.3) is 0 Å². The Morgan fingerprint density at radius 2 is 1.04 bits per heavy atom. The van der Waals surface area contributed by atoms with E-state index in [9.17, 15) is 0 Å². The molecule has 3 nitrogen and oxygen atoms in total. The van der Waals surface area contributed by atoms with E-state index in [-0.39, 0.29) is 0 Å². The number of rotatable bonds is 2. The highest BCUT2D eigenvalue weighted by Gasteiger charge is 2.50. The van der Waals surface area contributed by atoms with Crippen LogP contribution >= 0.6 is 0 Å². The highest BCUT2D eigenvalue weighted by atomic mass is 16.5. The van der Waals surface area contributed by atoms with Crippen LogP contribution in [-0.4, -0.2) is 9.97 Å². The highest BCUT2D eigenvalue weighted by Crippen LogP contribution is 2.62. The van der Waals surface area contributed by atoms with Crippen LogP contribution in [0.5, 0.6) is 11.5 Å². The van der Waals surface area contributed by atoms with Crippen molar-refractivity contribution in [1.82, 2.24) is 9.97 Å². The van der Waals surface area contributed by atoms with Crippen LogP contribution in [0.25, 0.3) is 55.3 Å². The van der Waals surface area contributed by atoms with E-state index < -0.39 is 5.41 Å². The molecule has 2 aromatic heterocycles. The molecule has 10 rings (SSSR count). The summed E-state index contributed by atoms with van der Waals surface area (Å²) in [6.07, 6.45) is 1.83. The fourth-order valence-electron chi connectivity index (χ4n) is 7.76. The van der Waals surface area contributed by atoms with Crippen molar-refractivity contribution < 1.29 is 4.74 Å². The minimum absolute atomic E-state index is 0.444. The van der Waals surface area contributed by atoms with Gasteiger partial charge in [0.1, 0.15) is 11.5 Å². The molecule has 0 atom stereocenters. The number of para-hydroxylation sites is 1. The molecule has 6 aromatic carbocycles. The third-order valence-corrected chi connectivity index (χ3v) is 9.80. The Morgan fingerprint density at radius 1 is 0.435 bits per heavy atom. The molecule has 214 valence electrons. The van der Waals surface area contributed by atoms with Gasteiger partial charge in [0, 0.05) is 33.7 Å². The van der Waals surface area contributed by atoms with Crippen LogP contribution in [-0.2, 0) is 5.41 Å². The van der Waals surface area contributed by atoms with Gasteiger partial charge in [-0.3, -0.25) is 4.98 Å². The van der Waals surface area contributed by atoms with Gasteiger partial charge in [-0.05, 0) is 57.6 Å². The van der Waals surface area contributed by atoms with Gasteiger partial charge in [-0.1, -0.05) is 127 Å². The van der Waals surface area contributed by atoms with Crippen molar-refractivity contribution in [1.29, 1.82) is 0 Å². The largest absolute Gasteiger partial charge is 0.457 e. The van der Waals surface area contributed by atoms with Crippen LogP contribution in [0.15, 0.2) is 158 Å². The summed E-state index contributed by atoms with van der Waals surface area (Å²) >= 11 is 0. The second-order valence-corrected chi connectivity index (χ2v) is 12.1. The minimum Gasteiger partial charge on any atom is -0.457 e. The molecule has 0 amide bonds. The molecule has 2 aliphatic rings. The maximum atomic E-state index is 6.71. The van der Waals surface area contributed by atoms with Gasteiger partial charge in [-0.15, -0.1) is 0 Å².